The van der Waals surface area contributed by atoms with E-state index >= 15 is 0 Å². The monoisotopic (exact) mass is 356 g/mol. The van der Waals surface area contributed by atoms with E-state index in [-0.39, 0.29) is 11.7 Å². The molecule has 100 valence electrons. The van der Waals surface area contributed by atoms with Crippen molar-refractivity contribution in [2.24, 2.45) is 0 Å². The van der Waals surface area contributed by atoms with Crippen LogP contribution in [0.2, 0.25) is 0 Å². The standard InChI is InChI=1S/C11H11BrClFO3S/c12-10-5-8(14)4-7(6-18(13,15)16)11(10)17-9-2-1-3-9/h4-5,9H,1-3,6H2. The maximum atomic E-state index is 13.3. The summed E-state index contributed by atoms with van der Waals surface area (Å²) in [5, 5.41) is 0. The van der Waals surface area contributed by atoms with E-state index in [0.29, 0.717) is 10.2 Å². The van der Waals surface area contributed by atoms with Crippen LogP contribution in [-0.2, 0) is 14.8 Å². The third-order valence-corrected chi connectivity index (χ3v) is 4.32. The Bertz CT molecular complexity index is 558. The molecule has 1 aromatic rings. The number of hydrogen-bond donors (Lipinski definition) is 0. The van der Waals surface area contributed by atoms with Gasteiger partial charge >= 0.3 is 0 Å². The first-order valence-corrected chi connectivity index (χ1v) is 8.69. The Morgan fingerprint density at radius 2 is 2.11 bits per heavy atom. The van der Waals surface area contributed by atoms with E-state index in [4.69, 9.17) is 15.4 Å². The largest absolute Gasteiger partial charge is 0.489 e. The van der Waals surface area contributed by atoms with Crippen molar-refractivity contribution in [3.05, 3.63) is 28.0 Å². The van der Waals surface area contributed by atoms with Gasteiger partial charge < -0.3 is 4.74 Å². The number of benzene rings is 1. The van der Waals surface area contributed by atoms with Crippen LogP contribution in [0.1, 0.15) is 24.8 Å². The maximum Gasteiger partial charge on any atom is 0.236 e. The third-order valence-electron chi connectivity index (χ3n) is 2.75. The van der Waals surface area contributed by atoms with Gasteiger partial charge in [-0.1, -0.05) is 0 Å². The zero-order chi connectivity index (χ0) is 13.3. The minimum atomic E-state index is -3.75. The van der Waals surface area contributed by atoms with Crippen LogP contribution in [0.5, 0.6) is 5.75 Å². The molecule has 2 rings (SSSR count). The van der Waals surface area contributed by atoms with Crippen molar-refractivity contribution >= 4 is 35.7 Å². The summed E-state index contributed by atoms with van der Waals surface area (Å²) in [7, 11) is 1.45. The lowest BCUT2D eigenvalue weighted by molar-refractivity contribution is 0.118. The summed E-state index contributed by atoms with van der Waals surface area (Å²) in [6, 6.07) is 2.39. The van der Waals surface area contributed by atoms with Crippen molar-refractivity contribution in [1.29, 1.82) is 0 Å². The van der Waals surface area contributed by atoms with E-state index in [1.807, 2.05) is 0 Å². The van der Waals surface area contributed by atoms with E-state index in [0.717, 1.165) is 25.3 Å². The van der Waals surface area contributed by atoms with Crippen LogP contribution >= 0.6 is 26.6 Å². The molecule has 3 nitrogen and oxygen atoms in total. The van der Waals surface area contributed by atoms with Gasteiger partial charge in [-0.3, -0.25) is 0 Å². The molecule has 18 heavy (non-hydrogen) atoms. The number of hydrogen-bond acceptors (Lipinski definition) is 3. The summed E-state index contributed by atoms with van der Waals surface area (Å²) in [5.41, 5.74) is 0.240. The molecule has 1 saturated carbocycles. The summed E-state index contributed by atoms with van der Waals surface area (Å²) in [6.45, 7) is 0. The molecule has 0 heterocycles. The number of rotatable bonds is 4. The highest BCUT2D eigenvalue weighted by Crippen LogP contribution is 2.35. The Morgan fingerprint density at radius 1 is 1.44 bits per heavy atom. The molecule has 1 aromatic carbocycles. The van der Waals surface area contributed by atoms with Crippen LogP contribution in [0.25, 0.3) is 0 Å². The van der Waals surface area contributed by atoms with Gasteiger partial charge in [0.25, 0.3) is 0 Å². The molecule has 7 heteroatoms. The van der Waals surface area contributed by atoms with Gasteiger partial charge in [0.15, 0.2) is 0 Å². The Labute approximate surface area is 118 Å². The molecule has 0 N–H and O–H groups in total. The molecule has 0 saturated heterocycles. The smallest absolute Gasteiger partial charge is 0.236 e. The van der Waals surface area contributed by atoms with E-state index in [1.165, 1.54) is 6.07 Å². The van der Waals surface area contributed by atoms with Crippen molar-refractivity contribution in [2.75, 3.05) is 0 Å². The Hall–Kier alpha value is -0.330. The fourth-order valence-electron chi connectivity index (χ4n) is 1.69. The van der Waals surface area contributed by atoms with Gasteiger partial charge in [0.2, 0.25) is 9.05 Å². The molecule has 0 bridgehead atoms. The fraction of sp³-hybridized carbons (Fsp3) is 0.455. The number of halogens is 3. The van der Waals surface area contributed by atoms with Crippen LogP contribution in [0.3, 0.4) is 0 Å². The van der Waals surface area contributed by atoms with Crippen LogP contribution < -0.4 is 4.74 Å². The first kappa shape index (κ1) is 14.1. The molecule has 0 amide bonds. The molecule has 1 aliphatic carbocycles. The topological polar surface area (TPSA) is 43.4 Å². The molecular formula is C11H11BrClFO3S. The second-order valence-corrected chi connectivity index (χ2v) is 7.86. The minimum absolute atomic E-state index is 0.0727. The van der Waals surface area contributed by atoms with Gasteiger partial charge in [-0.15, -0.1) is 0 Å². The van der Waals surface area contributed by atoms with E-state index in [2.05, 4.69) is 15.9 Å². The highest BCUT2D eigenvalue weighted by atomic mass is 79.9. The molecule has 0 aromatic heterocycles. The number of ether oxygens (including phenoxy) is 1. The molecule has 1 fully saturated rings. The average molecular weight is 358 g/mol. The first-order chi connectivity index (χ1) is 8.35. The van der Waals surface area contributed by atoms with Gasteiger partial charge in [0.1, 0.15) is 11.6 Å². The molecule has 0 atom stereocenters. The van der Waals surface area contributed by atoms with Crippen molar-refractivity contribution in [2.45, 2.75) is 31.1 Å². The fourth-order valence-corrected chi connectivity index (χ4v) is 3.20. The van der Waals surface area contributed by atoms with Gasteiger partial charge in [-0.25, -0.2) is 12.8 Å². The van der Waals surface area contributed by atoms with Gasteiger partial charge in [0, 0.05) is 16.2 Å². The van der Waals surface area contributed by atoms with Crippen molar-refractivity contribution in [3.63, 3.8) is 0 Å². The predicted molar refractivity (Wildman–Crippen MR) is 70.8 cm³/mol. The van der Waals surface area contributed by atoms with Crippen molar-refractivity contribution in [1.82, 2.24) is 0 Å². The molecule has 0 aliphatic heterocycles. The predicted octanol–water partition coefficient (Wildman–Crippen LogP) is 3.59. The molecule has 0 unspecified atom stereocenters. The van der Waals surface area contributed by atoms with Crippen LogP contribution in [0, 0.1) is 5.82 Å². The Kier molecular flexibility index (Phi) is 4.18. The second kappa shape index (κ2) is 5.35. The molecule has 0 spiro atoms. The van der Waals surface area contributed by atoms with E-state index in [1.54, 1.807) is 0 Å². The summed E-state index contributed by atoms with van der Waals surface area (Å²) in [5.74, 6) is -0.615. The first-order valence-electron chi connectivity index (χ1n) is 5.42. The van der Waals surface area contributed by atoms with Gasteiger partial charge in [-0.05, 0) is 47.3 Å². The summed E-state index contributed by atoms with van der Waals surface area (Å²) >= 11 is 3.18. The Balaban J connectivity index is 2.34. The van der Waals surface area contributed by atoms with Crippen LogP contribution in [0.4, 0.5) is 4.39 Å². The molecule has 1 aliphatic rings. The minimum Gasteiger partial charge on any atom is -0.489 e. The van der Waals surface area contributed by atoms with Crippen LogP contribution in [0.15, 0.2) is 16.6 Å². The van der Waals surface area contributed by atoms with Gasteiger partial charge in [0.05, 0.1) is 16.3 Å². The summed E-state index contributed by atoms with van der Waals surface area (Å²) < 4.78 is 41.6. The van der Waals surface area contributed by atoms with Crippen molar-refractivity contribution in [3.8, 4) is 5.75 Å². The van der Waals surface area contributed by atoms with Crippen molar-refractivity contribution < 1.29 is 17.5 Å². The average Bonchev–Trinajstić information content (AvgIpc) is 2.10. The lowest BCUT2D eigenvalue weighted by atomic mass is 9.96. The molecular weight excluding hydrogens is 347 g/mol. The zero-order valence-electron chi connectivity index (χ0n) is 9.33. The van der Waals surface area contributed by atoms with Gasteiger partial charge in [-0.2, -0.15) is 0 Å². The zero-order valence-corrected chi connectivity index (χ0v) is 12.5. The molecule has 0 radical (unpaired) electrons. The second-order valence-electron chi connectivity index (χ2n) is 4.23. The maximum absolute atomic E-state index is 13.3. The summed E-state index contributed by atoms with van der Waals surface area (Å²) in [6.07, 6.45) is 3.02. The van der Waals surface area contributed by atoms with E-state index in [9.17, 15) is 12.8 Å². The highest BCUT2D eigenvalue weighted by Gasteiger charge is 2.23. The normalized spacial score (nSPS) is 16.4. The van der Waals surface area contributed by atoms with Crippen LogP contribution in [-0.4, -0.2) is 14.5 Å². The quantitative estimate of drug-likeness (QED) is 0.774. The lowest BCUT2D eigenvalue weighted by Gasteiger charge is -2.28. The lowest BCUT2D eigenvalue weighted by Crippen LogP contribution is -2.25. The van der Waals surface area contributed by atoms with E-state index < -0.39 is 20.6 Å². The highest BCUT2D eigenvalue weighted by molar-refractivity contribution is 9.10. The summed E-state index contributed by atoms with van der Waals surface area (Å²) in [4.78, 5) is 0. The SMILES string of the molecule is O=S(=O)(Cl)Cc1cc(F)cc(Br)c1OC1CCC1. The Morgan fingerprint density at radius 3 is 2.61 bits per heavy atom. The third kappa shape index (κ3) is 3.59.